The summed E-state index contributed by atoms with van der Waals surface area (Å²) >= 11 is 0. The Kier molecular flexibility index (Phi) is 42.9. The molecule has 3 unspecified atom stereocenters. The molecule has 36 heteroatoms. The predicted molar refractivity (Wildman–Crippen MR) is 412 cm³/mol. The maximum atomic E-state index is 14.0. The molecule has 5 aliphatic heterocycles. The van der Waals surface area contributed by atoms with Crippen LogP contribution in [-0.2, 0) is 57.2 Å². The number of cyclic esters (lactones) is 3. The first-order valence-electron chi connectivity index (χ1n) is 37.9. The van der Waals surface area contributed by atoms with Gasteiger partial charge in [-0.05, 0) is 97.4 Å². The molecule has 0 aliphatic carbocycles. The summed E-state index contributed by atoms with van der Waals surface area (Å²) in [6.45, 7) is 4.47. The molecule has 5 aliphatic rings. The fourth-order valence-electron chi connectivity index (χ4n) is 12.9. The van der Waals surface area contributed by atoms with Crippen LogP contribution < -0.4 is 16.0 Å². The third kappa shape index (κ3) is 34.1. The molecule has 646 valence electrons. The lowest BCUT2D eigenvalue weighted by atomic mass is 9.82. The zero-order chi connectivity index (χ0) is 86.0. The molecule has 1 aromatic carbocycles. The van der Waals surface area contributed by atoms with Gasteiger partial charge >= 0.3 is 17.9 Å². The summed E-state index contributed by atoms with van der Waals surface area (Å²) in [4.78, 5) is 90.9. The second-order valence-corrected chi connectivity index (χ2v) is 29.5. The average Bonchev–Trinajstić information content (AvgIpc) is 1.77. The van der Waals surface area contributed by atoms with Crippen molar-refractivity contribution in [3.8, 4) is 0 Å². The minimum atomic E-state index is -2.32. The normalized spacial score (nSPS) is 33.0. The van der Waals surface area contributed by atoms with Gasteiger partial charge in [-0.15, -0.1) is 0 Å². The number of amides is 2. The highest BCUT2D eigenvalue weighted by Crippen LogP contribution is 2.39. The van der Waals surface area contributed by atoms with E-state index in [4.69, 9.17) is 59.8 Å². The van der Waals surface area contributed by atoms with Gasteiger partial charge in [0.1, 0.15) is 36.3 Å². The molecule has 1 aromatic rings. The molecule has 0 aromatic heterocycles. The van der Waals surface area contributed by atoms with E-state index >= 15 is 0 Å². The molecule has 2 fully saturated rings. The lowest BCUT2D eigenvalue weighted by molar-refractivity contribution is -0.307. The summed E-state index contributed by atoms with van der Waals surface area (Å²) < 4.78 is 33.3. The molecule has 6 rings (SSSR count). The Balaban J connectivity index is 0.000000979. The van der Waals surface area contributed by atoms with Crippen LogP contribution in [0.5, 0.6) is 0 Å². The first-order valence-corrected chi connectivity index (χ1v) is 37.9. The van der Waals surface area contributed by atoms with Crippen LogP contribution in [0, 0.1) is 17.8 Å². The van der Waals surface area contributed by atoms with Crippen LogP contribution in [0.2, 0.25) is 0 Å². The van der Waals surface area contributed by atoms with Crippen LogP contribution in [0.15, 0.2) is 132 Å². The number of nitrogens with one attached hydrogen (secondary N) is 3. The number of aliphatic hydroxyl groups excluding tert-OH is 17. The van der Waals surface area contributed by atoms with Gasteiger partial charge in [0, 0.05) is 75.8 Å². The van der Waals surface area contributed by atoms with E-state index in [1.165, 1.54) is 6.92 Å². The van der Waals surface area contributed by atoms with Crippen LogP contribution in [0.1, 0.15) is 108 Å². The van der Waals surface area contributed by atoms with Crippen molar-refractivity contribution in [3.63, 3.8) is 0 Å². The van der Waals surface area contributed by atoms with Gasteiger partial charge < -0.3 is 146 Å². The third-order valence-corrected chi connectivity index (χ3v) is 18.9. The van der Waals surface area contributed by atoms with Crippen molar-refractivity contribution in [2.24, 2.45) is 17.8 Å². The van der Waals surface area contributed by atoms with E-state index in [9.17, 15) is 84.6 Å². The first-order chi connectivity index (χ1) is 54.2. The number of Topliss-reactive ketones (excluding diaryl/α,β-unsaturated/α-hetero) is 2. The predicted octanol–water partition coefficient (Wildman–Crippen LogP) is -0.757. The van der Waals surface area contributed by atoms with Gasteiger partial charge in [-0.25, -0.2) is 9.59 Å². The summed E-state index contributed by atoms with van der Waals surface area (Å²) in [5.41, 5.74) is 1.30. The highest BCUT2D eigenvalue weighted by molar-refractivity contribution is 5.96. The summed E-state index contributed by atoms with van der Waals surface area (Å²) in [5, 5.41) is 191. The van der Waals surface area contributed by atoms with Crippen molar-refractivity contribution in [3.05, 3.63) is 138 Å². The smallest absolute Gasteiger partial charge is 0.377 e. The van der Waals surface area contributed by atoms with E-state index < -0.39 is 251 Å². The quantitative estimate of drug-likeness (QED) is 0.0409. The Bertz CT molecular complexity index is 3480. The van der Waals surface area contributed by atoms with E-state index in [1.54, 1.807) is 129 Å². The van der Waals surface area contributed by atoms with Crippen molar-refractivity contribution < 1.29 is 154 Å². The van der Waals surface area contributed by atoms with Crippen molar-refractivity contribution in [2.45, 2.75) is 220 Å². The number of hydrogen-bond acceptors (Lipinski definition) is 34. The van der Waals surface area contributed by atoms with Gasteiger partial charge in [0.05, 0.1) is 99.2 Å². The number of rotatable bonds is 21. The Hall–Kier alpha value is -8.19. The topological polar surface area (TPSA) is 582 Å². The van der Waals surface area contributed by atoms with Crippen LogP contribution in [-0.4, -0.2) is 333 Å². The lowest BCUT2D eigenvalue weighted by Gasteiger charge is -2.46. The molecule has 36 nitrogen and oxygen atoms in total. The molecule has 0 spiro atoms. The van der Waals surface area contributed by atoms with E-state index in [2.05, 4.69) is 25.4 Å². The van der Waals surface area contributed by atoms with Crippen LogP contribution in [0.4, 0.5) is 5.69 Å². The summed E-state index contributed by atoms with van der Waals surface area (Å²) in [6.07, 6.45) is -3.37. The number of likely N-dealkylation sites (N-methyl/N-ethyl adjacent to an activating group) is 2. The minimum absolute atomic E-state index is 0.0513. The monoisotopic (exact) mass is 1630 g/mol. The van der Waals surface area contributed by atoms with Gasteiger partial charge in [0.25, 0.3) is 0 Å². The van der Waals surface area contributed by atoms with Crippen molar-refractivity contribution >= 4 is 47.0 Å². The number of ether oxygens (including phenoxy) is 6. The molecule has 0 radical (unpaired) electrons. The van der Waals surface area contributed by atoms with Crippen LogP contribution >= 0.6 is 0 Å². The van der Waals surface area contributed by atoms with Crippen molar-refractivity contribution in [1.82, 2.24) is 20.4 Å². The molecule has 5 heterocycles. The van der Waals surface area contributed by atoms with Gasteiger partial charge in [-0.1, -0.05) is 98.9 Å². The molecule has 2 saturated heterocycles. The average molecular weight is 1630 g/mol. The minimum Gasteiger partial charge on any atom is -0.505 e. The lowest BCUT2D eigenvalue weighted by Crippen LogP contribution is -2.64. The fraction of sp³-hybridized carbons (Fsp3) is 0.608. The summed E-state index contributed by atoms with van der Waals surface area (Å²) in [6, 6.07) is 5.68. The van der Waals surface area contributed by atoms with Crippen molar-refractivity contribution in [1.29, 1.82) is 0 Å². The molecule has 0 saturated carbocycles. The maximum absolute atomic E-state index is 14.0. The zero-order valence-electron chi connectivity index (χ0n) is 65.9. The SMILES string of the molecule is CNc1ccc(C(=O)CC(O)CC[C@H](C)C2OC(=O)C[C@H](O)CC(=O)C[C@H](O)C[C@H](O)C[C@H](O)C[C@H](O)C[C@]3(O)C[C@H](O)[C@@H](C(=O)NCCN(C)C)[C@H](C[C@@H](O[C@@H]4O[C@H](C)[C@@H](O)[C@H](NC(=O)CN(C)C)[C@@H]4O)/C=C/C=C/C=C/C=C/C=C/C=C/C=C/C2C)O3)cc1.O=C1O[C@H]([C@@H](O)CO)C(O)=C1O.O=C1O[C@H]([C@@H](O)CO)C(O)=C1O. The number of ketones is 2. The van der Waals surface area contributed by atoms with Gasteiger partial charge in [-0.2, -0.15) is 0 Å². The Labute approximate surface area is 667 Å². The Morgan fingerprint density at radius 3 is 1.64 bits per heavy atom. The fourth-order valence-corrected chi connectivity index (χ4v) is 12.9. The number of fused-ring (bicyclic) bond motifs is 2. The molecule has 115 heavy (non-hydrogen) atoms. The summed E-state index contributed by atoms with van der Waals surface area (Å²) in [7, 11) is 8.75. The molecule has 2 bridgehead atoms. The molecular formula is C79H119N5O31. The van der Waals surface area contributed by atoms with E-state index in [-0.39, 0.29) is 50.0 Å². The van der Waals surface area contributed by atoms with E-state index in [1.807, 2.05) is 38.9 Å². The number of carbonyl (C=O) groups is 7. The third-order valence-electron chi connectivity index (χ3n) is 18.9. The van der Waals surface area contributed by atoms with E-state index in [0.29, 0.717) is 18.5 Å². The Morgan fingerprint density at radius 1 is 0.626 bits per heavy atom. The number of anilines is 1. The molecular weight excluding hydrogens is 1510 g/mol. The first kappa shape index (κ1) is 99.2. The maximum Gasteiger partial charge on any atom is 0.377 e. The Morgan fingerprint density at radius 2 is 1.14 bits per heavy atom. The largest absolute Gasteiger partial charge is 0.505 e. The van der Waals surface area contributed by atoms with Gasteiger partial charge in [0.2, 0.25) is 23.3 Å². The van der Waals surface area contributed by atoms with E-state index in [0.717, 1.165) is 5.69 Å². The van der Waals surface area contributed by atoms with Crippen LogP contribution in [0.25, 0.3) is 0 Å². The number of esters is 3. The number of carbonyl (C=O) groups excluding carboxylic acids is 7. The second kappa shape index (κ2) is 49.8. The van der Waals surface area contributed by atoms with Crippen molar-refractivity contribution in [2.75, 3.05) is 73.4 Å². The van der Waals surface area contributed by atoms with Crippen LogP contribution in [0.3, 0.4) is 0 Å². The molecule has 2 amide bonds. The van der Waals surface area contributed by atoms with Gasteiger partial charge in [0.15, 0.2) is 41.6 Å². The summed E-state index contributed by atoms with van der Waals surface area (Å²) in [5.74, 6) is -12.7. The zero-order valence-corrected chi connectivity index (χ0v) is 65.9. The number of hydrogen-bond donors (Lipinski definition) is 21. The van der Waals surface area contributed by atoms with Gasteiger partial charge in [-0.3, -0.25) is 24.0 Å². The highest BCUT2D eigenvalue weighted by Gasteiger charge is 2.52. The molecule has 21 N–H and O–H groups in total. The highest BCUT2D eigenvalue weighted by atomic mass is 16.7. The second-order valence-electron chi connectivity index (χ2n) is 29.5. The number of aliphatic hydroxyl groups is 18. The number of benzene rings is 1. The number of nitrogens with zero attached hydrogens (tertiary/aromatic N) is 2. The number of allylic oxidation sites excluding steroid dienone is 12. The standard InChI is InChI=1S/C67H103N5O19.2C6H8O6/c1-42-21-19-17-15-13-11-9-10-12-14-16-18-20-22-54(89-66-63(85)61(62(84)44(3)88-66)70-58(82)41-72(7)8)38-57-60(65(86)69-29-30-71(5)6)56(81)40-67(87,91-57)39-53(79)35-51(77)33-49(75)31-48(74)32-50(76)34-52(78)37-59(83)90-64(42)43(2)23-28-47(73)36-55(80)45-24-26-46(68-4)27-25-45;2*7-1-2(8)5-3(9)4(10)6(11)12-5/h9-22,24-27,42-44,47-49,51-54,56-57,60-64,66,68,73-75,77-79,81,84-85,87H,23,28-41H2,1-8H3,(H,69,86)(H,70,82);2*2,5,7-10H,1H2/b10-9+,13-11+,14-12+,17-15+,18-16+,21-19+,22-20+;;/t42?,43-,44+,47?,48+,49-,51-,52+,53-,54-,56-,57-,60+,61-,62+,63-,64?,66-,67+;2*2-,5+/m000/s1. The molecule has 23 atom stereocenters.